The summed E-state index contributed by atoms with van der Waals surface area (Å²) in [6.07, 6.45) is -4.71. The molecule has 0 amide bonds. The van der Waals surface area contributed by atoms with Gasteiger partial charge in [0.1, 0.15) is 42.4 Å². The molecule has 4 aromatic rings. The number of aromatic nitrogens is 7. The normalized spacial score (nSPS) is 37.3. The van der Waals surface area contributed by atoms with E-state index in [1.54, 1.807) is 10.9 Å². The second kappa shape index (κ2) is 12.3. The third-order valence-electron chi connectivity index (χ3n) is 8.64. The maximum Gasteiger partial charge on any atom is 0.325 e. The van der Waals surface area contributed by atoms with E-state index in [0.29, 0.717) is 12.1 Å². The number of fused-ring (bicyclic) bond motifs is 3. The number of methoxy groups -OCH3 is 1. The number of anilines is 2. The Balaban J connectivity index is 1.09. The van der Waals surface area contributed by atoms with Crippen LogP contribution in [-0.4, -0.2) is 110 Å². The first-order valence-corrected chi connectivity index (χ1v) is 19.1. The number of nitrogens with one attached hydrogen (secondary N) is 1. The number of alkyl halides is 1. The van der Waals surface area contributed by atoms with Crippen molar-refractivity contribution in [3.63, 3.8) is 0 Å². The van der Waals surface area contributed by atoms with E-state index < -0.39 is 76.6 Å². The van der Waals surface area contributed by atoms with E-state index in [9.17, 15) is 9.46 Å². The SMILES string of the molecule is [B]P1(=O)OC[C@H]2O[C@@H](n3cnc4c(N)ncnc43)C(F)[C@H]2OP(O)(=S)OC[C@H]2O[C@@H](n3nc4c5c(ccnc53)NCCC4)[C@@H](OC)C2O1. The van der Waals surface area contributed by atoms with Crippen LogP contribution < -0.4 is 11.1 Å². The standard InChI is InChI=1S/C25H29BFN9O9P2S/c1-39-20-19-14(43-25(20)36-22-15-11(4-6-30-22)29-5-2-3-12(15)34-36)8-41-47(38,48)45-18-13(7-40-46(26,37)44-19)42-24(16(18)27)35-10-33-17-21(28)31-9-32-23(17)35/h4,6,9-10,13-14,16,18-20,24-25,29H,2-3,5,7-8H2,1H3,(H,38,48)(H2,28,31,32)/t13-,14-,16?,18+,19?,20+,24-,25-,46?,47?/m1/s1. The fraction of sp³-hybridized carbons (Fsp3) is 0.560. The Morgan fingerprint density at radius 1 is 1.12 bits per heavy atom. The van der Waals surface area contributed by atoms with Crippen LogP contribution in [0.4, 0.5) is 15.9 Å². The first kappa shape index (κ1) is 32.5. The van der Waals surface area contributed by atoms with Crippen molar-refractivity contribution in [1.29, 1.82) is 0 Å². The van der Waals surface area contributed by atoms with Crippen LogP contribution in [-0.2, 0) is 55.1 Å². The molecular weight excluding hydrogens is 694 g/mol. The number of halogens is 1. The summed E-state index contributed by atoms with van der Waals surface area (Å²) in [6.45, 7) is -4.42. The van der Waals surface area contributed by atoms with Crippen molar-refractivity contribution in [2.75, 3.05) is 37.9 Å². The molecule has 8 heterocycles. The maximum atomic E-state index is 16.1. The molecule has 0 spiro atoms. The third-order valence-corrected chi connectivity index (χ3v) is 11.2. The van der Waals surface area contributed by atoms with Crippen LogP contribution in [0.2, 0.25) is 0 Å². The van der Waals surface area contributed by atoms with E-state index in [1.165, 1.54) is 24.3 Å². The van der Waals surface area contributed by atoms with E-state index in [0.717, 1.165) is 29.7 Å². The van der Waals surface area contributed by atoms with Crippen LogP contribution in [0, 0.1) is 0 Å². The Bertz CT molecular complexity index is 1980. The number of nitrogen functional groups attached to an aromatic ring is 1. The molecule has 23 heteroatoms. The summed E-state index contributed by atoms with van der Waals surface area (Å²) in [6, 6.07) is 1.87. The summed E-state index contributed by atoms with van der Waals surface area (Å²) in [5.74, 6) is 0.0800. The highest BCUT2D eigenvalue weighted by Gasteiger charge is 2.54. The van der Waals surface area contributed by atoms with Crippen LogP contribution in [0.3, 0.4) is 0 Å². The number of hydrogen-bond donors (Lipinski definition) is 3. The average Bonchev–Trinajstić information content (AvgIpc) is 3.77. The molecule has 0 aromatic carbocycles. The van der Waals surface area contributed by atoms with Gasteiger partial charge in [-0.3, -0.25) is 13.7 Å². The number of hydrogen-bond acceptors (Lipinski definition) is 16. The molecule has 18 nitrogen and oxygen atoms in total. The fourth-order valence-corrected chi connectivity index (χ4v) is 8.94. The molecule has 0 bridgehead atoms. The molecule has 4 aliphatic rings. The topological polar surface area (TPSA) is 214 Å². The zero-order chi connectivity index (χ0) is 33.4. The Morgan fingerprint density at radius 2 is 1.92 bits per heavy atom. The van der Waals surface area contributed by atoms with Crippen molar-refractivity contribution in [3.8, 4) is 0 Å². The molecule has 254 valence electrons. The molecule has 3 saturated heterocycles. The average molecular weight is 723 g/mol. The second-order valence-corrected chi connectivity index (χ2v) is 15.9. The number of rotatable bonds is 3. The lowest BCUT2D eigenvalue weighted by molar-refractivity contribution is -0.0652. The fourth-order valence-electron chi connectivity index (χ4n) is 6.50. The number of imidazole rings is 1. The first-order chi connectivity index (χ1) is 23.0. The van der Waals surface area contributed by atoms with Gasteiger partial charge < -0.3 is 43.7 Å². The summed E-state index contributed by atoms with van der Waals surface area (Å²) in [5, 5.41) is 9.04. The Kier molecular flexibility index (Phi) is 8.32. The van der Waals surface area contributed by atoms with Gasteiger partial charge in [0, 0.05) is 25.5 Å². The van der Waals surface area contributed by atoms with Gasteiger partial charge in [0.15, 0.2) is 35.7 Å². The minimum atomic E-state index is -4.42. The van der Waals surface area contributed by atoms with Gasteiger partial charge in [-0.15, -0.1) is 0 Å². The third kappa shape index (κ3) is 5.64. The highest BCUT2D eigenvalue weighted by Crippen LogP contribution is 2.54. The largest absolute Gasteiger partial charge is 0.384 e. The molecule has 0 saturated carbocycles. The molecule has 4 aromatic heterocycles. The van der Waals surface area contributed by atoms with Gasteiger partial charge in [-0.25, -0.2) is 29.0 Å². The van der Waals surface area contributed by atoms with E-state index in [2.05, 4.69) is 25.3 Å². The van der Waals surface area contributed by atoms with Gasteiger partial charge >= 0.3 is 6.72 Å². The van der Waals surface area contributed by atoms with Gasteiger partial charge in [-0.1, -0.05) is 0 Å². The Morgan fingerprint density at radius 3 is 2.75 bits per heavy atom. The predicted octanol–water partition coefficient (Wildman–Crippen LogP) is 1.67. The molecule has 4 unspecified atom stereocenters. The predicted molar refractivity (Wildman–Crippen MR) is 169 cm³/mol. The molecule has 8 rings (SSSR count). The molecule has 4 aliphatic heterocycles. The van der Waals surface area contributed by atoms with Crippen molar-refractivity contribution in [1.82, 2.24) is 34.3 Å². The van der Waals surface area contributed by atoms with Crippen molar-refractivity contribution in [2.45, 2.75) is 62.0 Å². The number of pyridine rings is 1. The van der Waals surface area contributed by atoms with E-state index in [4.69, 9.17) is 62.5 Å². The van der Waals surface area contributed by atoms with E-state index in [1.807, 2.05) is 6.07 Å². The van der Waals surface area contributed by atoms with Crippen molar-refractivity contribution < 1.29 is 46.2 Å². The molecule has 0 aliphatic carbocycles. The van der Waals surface area contributed by atoms with Crippen molar-refractivity contribution in [3.05, 3.63) is 30.6 Å². The quantitative estimate of drug-likeness (QED) is 0.203. The number of ether oxygens (including phenoxy) is 3. The van der Waals surface area contributed by atoms with E-state index in [-0.39, 0.29) is 17.0 Å². The number of aryl methyl sites for hydroxylation is 1. The zero-order valence-corrected chi connectivity index (χ0v) is 27.7. The van der Waals surface area contributed by atoms with Gasteiger partial charge in [-0.05, 0) is 30.7 Å². The molecule has 48 heavy (non-hydrogen) atoms. The summed E-state index contributed by atoms with van der Waals surface area (Å²) in [5.41, 5.74) is 8.52. The zero-order valence-electron chi connectivity index (χ0n) is 25.1. The van der Waals surface area contributed by atoms with Crippen molar-refractivity contribution in [2.24, 2.45) is 0 Å². The number of nitrogens with two attached hydrogens (primary N) is 1. The highest BCUT2D eigenvalue weighted by molar-refractivity contribution is 8.07. The molecule has 2 radical (unpaired) electrons. The molecule has 3 fully saturated rings. The second-order valence-electron chi connectivity index (χ2n) is 11.6. The summed E-state index contributed by atoms with van der Waals surface area (Å²) in [7, 11) is 3.08. The summed E-state index contributed by atoms with van der Waals surface area (Å²) in [4.78, 5) is 27.9. The molecule has 10 atom stereocenters. The van der Waals surface area contributed by atoms with Gasteiger partial charge in [0.25, 0.3) is 7.47 Å². The van der Waals surface area contributed by atoms with Crippen LogP contribution in [0.5, 0.6) is 0 Å². The van der Waals surface area contributed by atoms with Gasteiger partial charge in [0.05, 0.1) is 30.6 Å². The summed E-state index contributed by atoms with van der Waals surface area (Å²) >= 11 is 5.30. The Hall–Kier alpha value is -2.68. The smallest absolute Gasteiger partial charge is 0.325 e. The lowest BCUT2D eigenvalue weighted by atomic mass is 10.1. The maximum absolute atomic E-state index is 16.1. The van der Waals surface area contributed by atoms with E-state index >= 15 is 4.39 Å². The minimum Gasteiger partial charge on any atom is -0.384 e. The van der Waals surface area contributed by atoms with Crippen LogP contribution in [0.25, 0.3) is 22.2 Å². The molecule has 4 N–H and O–H groups in total. The van der Waals surface area contributed by atoms with Crippen LogP contribution >= 0.6 is 14.2 Å². The lowest BCUT2D eigenvalue weighted by Crippen LogP contribution is -2.39. The minimum absolute atomic E-state index is 0.0800. The van der Waals surface area contributed by atoms with Gasteiger partial charge in [-0.2, -0.15) is 5.10 Å². The van der Waals surface area contributed by atoms with Crippen LogP contribution in [0.15, 0.2) is 24.9 Å². The van der Waals surface area contributed by atoms with Crippen LogP contribution in [0.1, 0.15) is 24.6 Å². The van der Waals surface area contributed by atoms with Gasteiger partial charge in [0.2, 0.25) is 7.57 Å². The number of nitrogens with zero attached hydrogens (tertiary/aromatic N) is 7. The van der Waals surface area contributed by atoms with Crippen molar-refractivity contribution >= 4 is 67.3 Å². The first-order valence-electron chi connectivity index (χ1n) is 14.9. The lowest BCUT2D eigenvalue weighted by Gasteiger charge is -2.30. The molecular formula is C25H29BFN9O9P2S. The summed E-state index contributed by atoms with van der Waals surface area (Å²) < 4.78 is 73.5. The monoisotopic (exact) mass is 723 g/mol. The highest BCUT2D eigenvalue weighted by atomic mass is 32.5. The Labute approximate surface area is 277 Å².